The van der Waals surface area contributed by atoms with Crippen molar-refractivity contribution < 1.29 is 9.59 Å². The molecule has 1 saturated heterocycles. The minimum Gasteiger partial charge on any atom is -0.383 e. The average molecular weight is 464 g/mol. The van der Waals surface area contributed by atoms with Gasteiger partial charge in [0.1, 0.15) is 5.82 Å². The second kappa shape index (κ2) is 9.80. The summed E-state index contributed by atoms with van der Waals surface area (Å²) >= 11 is 0. The lowest BCUT2D eigenvalue weighted by Gasteiger charge is -2.38. The number of nitrogens with one attached hydrogen (secondary N) is 1. The number of carbonyl (C=O) groups excluding carboxylic acids is 2. The number of piperidine rings is 1. The van der Waals surface area contributed by atoms with E-state index in [4.69, 9.17) is 5.73 Å². The summed E-state index contributed by atoms with van der Waals surface area (Å²) in [5, 5.41) is 8.26. The van der Waals surface area contributed by atoms with Gasteiger partial charge in [0.05, 0.1) is 36.2 Å². The van der Waals surface area contributed by atoms with E-state index in [0.29, 0.717) is 24.0 Å². The molecule has 3 heterocycles. The topological polar surface area (TPSA) is 109 Å². The number of hydrogen-bond acceptors (Lipinski definition) is 6. The third kappa shape index (κ3) is 5.04. The number of likely N-dealkylation sites (tertiary alicyclic amines) is 1. The zero-order valence-electron chi connectivity index (χ0n) is 20.3. The maximum Gasteiger partial charge on any atom is 0.313 e. The van der Waals surface area contributed by atoms with Gasteiger partial charge in [-0.2, -0.15) is 5.10 Å². The van der Waals surface area contributed by atoms with E-state index in [2.05, 4.69) is 45.4 Å². The van der Waals surface area contributed by atoms with Gasteiger partial charge in [-0.3, -0.25) is 14.3 Å². The van der Waals surface area contributed by atoms with Gasteiger partial charge in [0.25, 0.3) is 0 Å². The van der Waals surface area contributed by atoms with Crippen molar-refractivity contribution >= 4 is 34.2 Å². The fourth-order valence-corrected chi connectivity index (χ4v) is 4.48. The molecule has 0 radical (unpaired) electrons. The van der Waals surface area contributed by atoms with Gasteiger partial charge in [-0.1, -0.05) is 13.0 Å². The van der Waals surface area contributed by atoms with Gasteiger partial charge >= 0.3 is 11.8 Å². The predicted octanol–water partition coefficient (Wildman–Crippen LogP) is 2.82. The van der Waals surface area contributed by atoms with Crippen molar-refractivity contribution in [2.75, 3.05) is 38.2 Å². The number of aromatic nitrogens is 3. The molecule has 1 fully saturated rings. The molecule has 0 unspecified atom stereocenters. The molecule has 1 aromatic carbocycles. The Labute approximate surface area is 199 Å². The molecule has 0 bridgehead atoms. The Bertz CT molecular complexity index is 1200. The van der Waals surface area contributed by atoms with Crippen molar-refractivity contribution in [2.24, 2.45) is 5.92 Å². The van der Waals surface area contributed by atoms with Gasteiger partial charge in [0.15, 0.2) is 0 Å². The Balaban J connectivity index is 1.55. The first-order chi connectivity index (χ1) is 16.2. The standard InChI is InChI=1S/C25H33N7O2/c1-16-5-7-21(18-6-8-22-19(12-18)13-28-32(22)10-9-30(3)4)31(15-16)25(34)24(33)29-20-11-17(2)23(26)27-14-20/h6,8,11-14,16,21H,5,7,9-10,15H2,1-4H3,(H2,26,27)(H,29,33)/t16-,21+/m1/s1. The molecule has 1 aliphatic rings. The third-order valence-corrected chi connectivity index (χ3v) is 6.46. The van der Waals surface area contributed by atoms with Gasteiger partial charge in [-0.25, -0.2) is 4.98 Å². The number of benzene rings is 1. The molecule has 2 amide bonds. The molecule has 2 atom stereocenters. The number of fused-ring (bicyclic) bond motifs is 1. The number of nitrogen functional groups attached to an aromatic ring is 1. The van der Waals surface area contributed by atoms with E-state index in [9.17, 15) is 9.59 Å². The highest BCUT2D eigenvalue weighted by atomic mass is 16.2. The molecule has 180 valence electrons. The number of amides is 2. The van der Waals surface area contributed by atoms with E-state index >= 15 is 0 Å². The van der Waals surface area contributed by atoms with Crippen LogP contribution < -0.4 is 11.1 Å². The monoisotopic (exact) mass is 463 g/mol. The van der Waals surface area contributed by atoms with E-state index in [1.165, 1.54) is 6.20 Å². The highest BCUT2D eigenvalue weighted by molar-refractivity contribution is 6.39. The summed E-state index contributed by atoms with van der Waals surface area (Å²) in [7, 11) is 4.08. The van der Waals surface area contributed by atoms with E-state index in [0.717, 1.165) is 48.0 Å². The molecular formula is C25H33N7O2. The average Bonchev–Trinajstić information content (AvgIpc) is 3.21. The van der Waals surface area contributed by atoms with Crippen molar-refractivity contribution in [3.63, 3.8) is 0 Å². The molecule has 2 aromatic heterocycles. The minimum atomic E-state index is -0.664. The Kier molecular flexibility index (Phi) is 6.83. The van der Waals surface area contributed by atoms with E-state index < -0.39 is 11.8 Å². The van der Waals surface area contributed by atoms with Gasteiger partial charge in [0.2, 0.25) is 0 Å². The molecular weight excluding hydrogens is 430 g/mol. The third-order valence-electron chi connectivity index (χ3n) is 6.46. The van der Waals surface area contributed by atoms with Crippen LogP contribution in [0.2, 0.25) is 0 Å². The van der Waals surface area contributed by atoms with E-state index in [1.807, 2.05) is 25.0 Å². The van der Waals surface area contributed by atoms with Crippen molar-refractivity contribution in [2.45, 2.75) is 39.3 Å². The number of hydrogen-bond donors (Lipinski definition) is 2. The fraction of sp³-hybridized carbons (Fsp3) is 0.440. The Morgan fingerprint density at radius 3 is 2.74 bits per heavy atom. The lowest BCUT2D eigenvalue weighted by atomic mass is 9.89. The zero-order valence-corrected chi connectivity index (χ0v) is 20.3. The molecule has 34 heavy (non-hydrogen) atoms. The minimum absolute atomic E-state index is 0.157. The summed E-state index contributed by atoms with van der Waals surface area (Å²) in [5.74, 6) is -0.476. The summed E-state index contributed by atoms with van der Waals surface area (Å²) < 4.78 is 2.00. The molecule has 1 aliphatic heterocycles. The molecule has 0 spiro atoms. The molecule has 9 heteroatoms. The summed E-state index contributed by atoms with van der Waals surface area (Å²) in [6.07, 6.45) is 5.14. The van der Waals surface area contributed by atoms with Crippen LogP contribution in [-0.4, -0.2) is 63.6 Å². The van der Waals surface area contributed by atoms with Crippen LogP contribution in [0.25, 0.3) is 10.9 Å². The van der Waals surface area contributed by atoms with Gasteiger partial charge in [-0.15, -0.1) is 0 Å². The van der Waals surface area contributed by atoms with Crippen molar-refractivity contribution in [1.29, 1.82) is 0 Å². The SMILES string of the molecule is Cc1cc(NC(=O)C(=O)N2C[C@H](C)CC[C@H]2c2ccc3c(cnn3CCN(C)C)c2)cnc1N. The maximum absolute atomic E-state index is 13.2. The van der Waals surface area contributed by atoms with Gasteiger partial charge < -0.3 is 20.9 Å². The van der Waals surface area contributed by atoms with Crippen LogP contribution >= 0.6 is 0 Å². The zero-order chi connectivity index (χ0) is 24.4. The van der Waals surface area contributed by atoms with Crippen LogP contribution in [0.5, 0.6) is 0 Å². The number of nitrogens with zero attached hydrogens (tertiary/aromatic N) is 5. The van der Waals surface area contributed by atoms with Crippen LogP contribution in [0.3, 0.4) is 0 Å². The van der Waals surface area contributed by atoms with Gasteiger partial charge in [-0.05, 0) is 69.1 Å². The molecule has 3 aromatic rings. The smallest absolute Gasteiger partial charge is 0.313 e. The summed E-state index contributed by atoms with van der Waals surface area (Å²) in [6.45, 7) is 6.16. The van der Waals surface area contributed by atoms with E-state index in [1.54, 1.807) is 17.9 Å². The number of pyridine rings is 1. The Hall–Kier alpha value is -3.46. The normalized spacial score (nSPS) is 18.4. The Morgan fingerprint density at radius 2 is 2.00 bits per heavy atom. The first kappa shape index (κ1) is 23.7. The number of likely N-dealkylation sites (N-methyl/N-ethyl adjacent to an activating group) is 1. The van der Waals surface area contributed by atoms with Crippen LogP contribution in [0.15, 0.2) is 36.7 Å². The van der Waals surface area contributed by atoms with E-state index in [-0.39, 0.29) is 6.04 Å². The molecule has 4 rings (SSSR count). The number of carbonyl (C=O) groups is 2. The number of anilines is 2. The highest BCUT2D eigenvalue weighted by Crippen LogP contribution is 2.35. The molecule has 3 N–H and O–H groups in total. The van der Waals surface area contributed by atoms with Gasteiger partial charge in [0, 0.05) is 18.5 Å². The first-order valence-electron chi connectivity index (χ1n) is 11.7. The largest absolute Gasteiger partial charge is 0.383 e. The highest BCUT2D eigenvalue weighted by Gasteiger charge is 2.34. The predicted molar refractivity (Wildman–Crippen MR) is 133 cm³/mol. The lowest BCUT2D eigenvalue weighted by Crippen LogP contribution is -2.46. The Morgan fingerprint density at radius 1 is 1.21 bits per heavy atom. The summed E-state index contributed by atoms with van der Waals surface area (Å²) in [4.78, 5) is 34.0. The fourth-order valence-electron chi connectivity index (χ4n) is 4.48. The molecule has 0 saturated carbocycles. The lowest BCUT2D eigenvalue weighted by molar-refractivity contribution is -0.146. The van der Waals surface area contributed by atoms with Crippen molar-refractivity contribution in [3.8, 4) is 0 Å². The van der Waals surface area contributed by atoms with Crippen molar-refractivity contribution in [3.05, 3.63) is 47.8 Å². The molecule has 9 nitrogen and oxygen atoms in total. The summed E-state index contributed by atoms with van der Waals surface area (Å²) in [6, 6.07) is 7.78. The quantitative estimate of drug-likeness (QED) is 0.563. The second-order valence-corrected chi connectivity index (χ2v) is 9.53. The van der Waals surface area contributed by atoms with Crippen LogP contribution in [0.4, 0.5) is 11.5 Å². The number of rotatable bonds is 5. The van der Waals surface area contributed by atoms with Crippen LogP contribution in [-0.2, 0) is 16.1 Å². The molecule has 0 aliphatic carbocycles. The van der Waals surface area contributed by atoms with Crippen LogP contribution in [0.1, 0.15) is 36.9 Å². The maximum atomic E-state index is 13.2. The number of aryl methyl sites for hydroxylation is 1. The second-order valence-electron chi connectivity index (χ2n) is 9.53. The number of nitrogens with two attached hydrogens (primary N) is 1. The van der Waals surface area contributed by atoms with Crippen molar-refractivity contribution in [1.82, 2.24) is 24.6 Å². The first-order valence-corrected chi connectivity index (χ1v) is 11.7. The summed E-state index contributed by atoms with van der Waals surface area (Å²) in [5.41, 5.74) is 9.05. The van der Waals surface area contributed by atoms with Crippen LogP contribution in [0, 0.1) is 12.8 Å².